The Morgan fingerprint density at radius 1 is 1.30 bits per heavy atom. The van der Waals surface area contributed by atoms with Crippen LogP contribution in [-0.2, 0) is 16.6 Å². The average Bonchev–Trinajstić information content (AvgIpc) is 3.23. The molecule has 20 heavy (non-hydrogen) atoms. The number of nitrogens with one attached hydrogen (secondary N) is 2. The van der Waals surface area contributed by atoms with Gasteiger partial charge in [-0.3, -0.25) is 0 Å². The second-order valence-corrected chi connectivity index (χ2v) is 7.33. The van der Waals surface area contributed by atoms with Crippen LogP contribution in [0.15, 0.2) is 23.1 Å². The summed E-state index contributed by atoms with van der Waals surface area (Å²) >= 11 is 0. The van der Waals surface area contributed by atoms with Crippen molar-refractivity contribution in [1.29, 1.82) is 0 Å². The second kappa shape index (κ2) is 6.70. The van der Waals surface area contributed by atoms with Gasteiger partial charge in [0.15, 0.2) is 0 Å². The fourth-order valence-electron chi connectivity index (χ4n) is 2.04. The number of hydrogen-bond donors (Lipinski definition) is 2. The summed E-state index contributed by atoms with van der Waals surface area (Å²) in [6.45, 7) is 6.35. The number of benzene rings is 1. The summed E-state index contributed by atoms with van der Waals surface area (Å²) in [6.07, 6.45) is 3.35. The van der Waals surface area contributed by atoms with E-state index in [-0.39, 0.29) is 0 Å². The van der Waals surface area contributed by atoms with E-state index in [1.165, 1.54) is 0 Å². The third kappa shape index (κ3) is 4.30. The summed E-state index contributed by atoms with van der Waals surface area (Å²) in [5.41, 5.74) is 2.17. The summed E-state index contributed by atoms with van der Waals surface area (Å²) < 4.78 is 27.2. The Bertz CT molecular complexity index is 551. The van der Waals surface area contributed by atoms with E-state index in [1.807, 2.05) is 13.0 Å². The highest BCUT2D eigenvalue weighted by molar-refractivity contribution is 7.89. The van der Waals surface area contributed by atoms with Crippen LogP contribution in [-0.4, -0.2) is 21.5 Å². The molecule has 0 saturated heterocycles. The van der Waals surface area contributed by atoms with E-state index in [0.29, 0.717) is 23.9 Å². The lowest BCUT2D eigenvalue weighted by atomic mass is 10.1. The molecule has 0 unspecified atom stereocenters. The molecule has 0 amide bonds. The lowest BCUT2D eigenvalue weighted by molar-refractivity contribution is 0.577. The lowest BCUT2D eigenvalue weighted by Crippen LogP contribution is -2.26. The van der Waals surface area contributed by atoms with Crippen molar-refractivity contribution >= 4 is 10.0 Å². The van der Waals surface area contributed by atoms with Crippen LogP contribution in [0.2, 0.25) is 0 Å². The molecule has 112 valence electrons. The summed E-state index contributed by atoms with van der Waals surface area (Å²) in [5, 5.41) is 3.32. The van der Waals surface area contributed by atoms with Gasteiger partial charge < -0.3 is 5.32 Å². The molecule has 1 aliphatic carbocycles. The van der Waals surface area contributed by atoms with Crippen molar-refractivity contribution in [2.45, 2.75) is 44.6 Å². The minimum absolute atomic E-state index is 0.372. The molecule has 5 heteroatoms. The van der Waals surface area contributed by atoms with Crippen molar-refractivity contribution in [3.63, 3.8) is 0 Å². The monoisotopic (exact) mass is 296 g/mol. The van der Waals surface area contributed by atoms with E-state index in [2.05, 4.69) is 17.0 Å². The Morgan fingerprint density at radius 3 is 2.70 bits per heavy atom. The fraction of sp³-hybridized carbons (Fsp3) is 0.600. The Balaban J connectivity index is 2.08. The normalized spacial score (nSPS) is 15.5. The fourth-order valence-corrected chi connectivity index (χ4v) is 3.20. The Kier molecular flexibility index (Phi) is 5.18. The van der Waals surface area contributed by atoms with E-state index in [4.69, 9.17) is 0 Å². The maximum absolute atomic E-state index is 12.2. The summed E-state index contributed by atoms with van der Waals surface area (Å²) in [7, 11) is -3.36. The van der Waals surface area contributed by atoms with Gasteiger partial charge in [0.2, 0.25) is 10.0 Å². The first kappa shape index (κ1) is 15.5. The minimum Gasteiger partial charge on any atom is -0.313 e. The first-order chi connectivity index (χ1) is 9.53. The summed E-state index contributed by atoms with van der Waals surface area (Å²) in [4.78, 5) is 0.372. The maximum atomic E-state index is 12.2. The standard InChI is InChI=1S/C15H24N2O2S/c1-3-8-16-11-14-9-15(7-4-12(14)2)20(18,19)17-10-13-5-6-13/h4,7,9,13,16-17H,3,5-6,8,10-11H2,1-2H3. The topological polar surface area (TPSA) is 58.2 Å². The highest BCUT2D eigenvalue weighted by atomic mass is 32.2. The van der Waals surface area contributed by atoms with Crippen molar-refractivity contribution in [2.24, 2.45) is 5.92 Å². The van der Waals surface area contributed by atoms with Crippen molar-refractivity contribution in [2.75, 3.05) is 13.1 Å². The van der Waals surface area contributed by atoms with E-state index in [9.17, 15) is 8.42 Å². The van der Waals surface area contributed by atoms with Crippen LogP contribution < -0.4 is 10.0 Å². The second-order valence-electron chi connectivity index (χ2n) is 5.56. The molecule has 0 aliphatic heterocycles. The van der Waals surface area contributed by atoms with E-state index < -0.39 is 10.0 Å². The highest BCUT2D eigenvalue weighted by Crippen LogP contribution is 2.28. The molecule has 0 radical (unpaired) electrons. The molecule has 1 aliphatic rings. The van der Waals surface area contributed by atoms with Crippen molar-refractivity contribution in [3.8, 4) is 0 Å². The van der Waals surface area contributed by atoms with Crippen molar-refractivity contribution < 1.29 is 8.42 Å². The van der Waals surface area contributed by atoms with Gasteiger partial charge in [0.25, 0.3) is 0 Å². The maximum Gasteiger partial charge on any atom is 0.240 e. The van der Waals surface area contributed by atoms with Gasteiger partial charge >= 0.3 is 0 Å². The van der Waals surface area contributed by atoms with Gasteiger partial charge in [-0.05, 0) is 61.9 Å². The van der Waals surface area contributed by atoms with Crippen LogP contribution in [0.1, 0.15) is 37.3 Å². The zero-order valence-corrected chi connectivity index (χ0v) is 13.1. The molecule has 2 N–H and O–H groups in total. The van der Waals surface area contributed by atoms with E-state index in [0.717, 1.165) is 36.9 Å². The van der Waals surface area contributed by atoms with Gasteiger partial charge in [0.1, 0.15) is 0 Å². The molecule has 1 aromatic carbocycles. The smallest absolute Gasteiger partial charge is 0.240 e. The molecular formula is C15H24N2O2S. The highest BCUT2D eigenvalue weighted by Gasteiger charge is 2.24. The molecular weight excluding hydrogens is 272 g/mol. The SMILES string of the molecule is CCCNCc1cc(S(=O)(=O)NCC2CC2)ccc1C. The molecule has 0 aromatic heterocycles. The third-order valence-electron chi connectivity index (χ3n) is 3.63. The van der Waals surface area contributed by atoms with Crippen LogP contribution in [0.5, 0.6) is 0 Å². The Labute approximate surface area is 122 Å². The summed E-state index contributed by atoms with van der Waals surface area (Å²) in [6, 6.07) is 5.36. The number of aryl methyl sites for hydroxylation is 1. The molecule has 4 nitrogen and oxygen atoms in total. The zero-order valence-electron chi connectivity index (χ0n) is 12.3. The largest absolute Gasteiger partial charge is 0.313 e. The molecule has 2 rings (SSSR count). The quantitative estimate of drug-likeness (QED) is 0.723. The Morgan fingerprint density at radius 2 is 2.05 bits per heavy atom. The van der Waals surface area contributed by atoms with Crippen molar-refractivity contribution in [1.82, 2.24) is 10.0 Å². The van der Waals surface area contributed by atoms with Crippen LogP contribution >= 0.6 is 0 Å². The van der Waals surface area contributed by atoms with Gasteiger partial charge in [-0.25, -0.2) is 13.1 Å². The van der Waals surface area contributed by atoms with Crippen molar-refractivity contribution in [3.05, 3.63) is 29.3 Å². The van der Waals surface area contributed by atoms with Gasteiger partial charge in [0, 0.05) is 13.1 Å². The lowest BCUT2D eigenvalue weighted by Gasteiger charge is -2.11. The predicted octanol–water partition coefficient (Wildman–Crippen LogP) is 2.18. The molecule has 0 spiro atoms. The third-order valence-corrected chi connectivity index (χ3v) is 5.05. The first-order valence-corrected chi connectivity index (χ1v) is 8.81. The molecule has 0 atom stereocenters. The predicted molar refractivity (Wildman–Crippen MR) is 81.1 cm³/mol. The van der Waals surface area contributed by atoms with Gasteiger partial charge in [0.05, 0.1) is 4.90 Å². The first-order valence-electron chi connectivity index (χ1n) is 7.33. The van der Waals surface area contributed by atoms with Crippen LogP contribution in [0.3, 0.4) is 0 Å². The molecule has 0 bridgehead atoms. The summed E-state index contributed by atoms with van der Waals surface area (Å²) in [5.74, 6) is 0.543. The number of rotatable bonds is 8. The number of sulfonamides is 1. The average molecular weight is 296 g/mol. The molecule has 0 heterocycles. The zero-order chi connectivity index (χ0) is 14.6. The van der Waals surface area contributed by atoms with E-state index in [1.54, 1.807) is 12.1 Å². The van der Waals surface area contributed by atoms with Gasteiger partial charge in [-0.1, -0.05) is 13.0 Å². The van der Waals surface area contributed by atoms with E-state index >= 15 is 0 Å². The molecule has 1 fully saturated rings. The Hall–Kier alpha value is -0.910. The van der Waals surface area contributed by atoms with Crippen LogP contribution in [0.4, 0.5) is 0 Å². The van der Waals surface area contributed by atoms with Crippen LogP contribution in [0.25, 0.3) is 0 Å². The van der Waals surface area contributed by atoms with Gasteiger partial charge in [-0.2, -0.15) is 0 Å². The molecule has 1 saturated carbocycles. The molecule has 1 aromatic rings. The number of hydrogen-bond acceptors (Lipinski definition) is 3. The van der Waals surface area contributed by atoms with Gasteiger partial charge in [-0.15, -0.1) is 0 Å². The van der Waals surface area contributed by atoms with Crippen LogP contribution in [0, 0.1) is 12.8 Å². The minimum atomic E-state index is -3.36.